The molecule has 0 aliphatic rings. The third kappa shape index (κ3) is 5.43. The van der Waals surface area contributed by atoms with E-state index >= 15 is 0 Å². The van der Waals surface area contributed by atoms with Crippen molar-refractivity contribution >= 4 is 16.9 Å². The van der Waals surface area contributed by atoms with Gasteiger partial charge in [0.25, 0.3) is 0 Å². The highest BCUT2D eigenvalue weighted by Gasteiger charge is 2.14. The Labute approximate surface area is 149 Å². The molecule has 136 valence electrons. The van der Waals surface area contributed by atoms with Crippen molar-refractivity contribution in [2.75, 3.05) is 19.6 Å². The molecule has 0 radical (unpaired) electrons. The first-order chi connectivity index (χ1) is 12.1. The molecule has 0 aliphatic heterocycles. The largest absolute Gasteiger partial charge is 0.423 e. The van der Waals surface area contributed by atoms with Gasteiger partial charge < -0.3 is 9.73 Å². The molecule has 1 amide bonds. The molecule has 0 fully saturated rings. The Bertz CT molecular complexity index is 767. The first-order valence-electron chi connectivity index (χ1n) is 9.12. The molecule has 0 spiro atoms. The third-order valence-corrected chi connectivity index (χ3v) is 4.18. The van der Waals surface area contributed by atoms with Crippen LogP contribution in [0.2, 0.25) is 0 Å². The van der Waals surface area contributed by atoms with Crippen LogP contribution in [-0.2, 0) is 17.8 Å². The number of carbonyl (C=O) groups excluding carboxylic acids is 1. The lowest BCUT2D eigenvalue weighted by molar-refractivity contribution is -0.122. The maximum atomic E-state index is 12.1. The number of rotatable bonds is 9. The van der Waals surface area contributed by atoms with Gasteiger partial charge >= 0.3 is 5.63 Å². The second-order valence-electron chi connectivity index (χ2n) is 6.34. The lowest BCUT2D eigenvalue weighted by atomic mass is 10.1. The normalized spacial score (nSPS) is 11.2. The van der Waals surface area contributed by atoms with Crippen LogP contribution in [0.15, 0.2) is 33.5 Å². The number of amides is 1. The zero-order valence-electron chi connectivity index (χ0n) is 15.4. The van der Waals surface area contributed by atoms with Gasteiger partial charge in [0.15, 0.2) is 0 Å². The average Bonchev–Trinajstić information content (AvgIpc) is 2.59. The van der Waals surface area contributed by atoms with Crippen LogP contribution in [0.4, 0.5) is 0 Å². The SMILES string of the molecule is CCCNC(=O)CN(CCC)Cc1cc(=O)oc2cc(CC)ccc12. The van der Waals surface area contributed by atoms with Crippen LogP contribution in [0.3, 0.4) is 0 Å². The van der Waals surface area contributed by atoms with Gasteiger partial charge in [-0.25, -0.2) is 4.79 Å². The summed E-state index contributed by atoms with van der Waals surface area (Å²) < 4.78 is 5.37. The number of hydrogen-bond acceptors (Lipinski definition) is 4. The molecule has 1 aromatic carbocycles. The number of nitrogens with one attached hydrogen (secondary N) is 1. The molecule has 1 N–H and O–H groups in total. The first-order valence-corrected chi connectivity index (χ1v) is 9.12. The molecule has 5 nitrogen and oxygen atoms in total. The zero-order valence-corrected chi connectivity index (χ0v) is 15.4. The predicted octanol–water partition coefficient (Wildman–Crippen LogP) is 3.09. The molecular formula is C20H28N2O3. The molecule has 25 heavy (non-hydrogen) atoms. The van der Waals surface area contributed by atoms with Crippen LogP contribution in [0.1, 0.15) is 44.7 Å². The van der Waals surface area contributed by atoms with E-state index in [0.29, 0.717) is 25.2 Å². The average molecular weight is 344 g/mol. The predicted molar refractivity (Wildman–Crippen MR) is 101 cm³/mol. The summed E-state index contributed by atoms with van der Waals surface area (Å²) in [4.78, 5) is 26.1. The zero-order chi connectivity index (χ0) is 18.2. The van der Waals surface area contributed by atoms with Crippen molar-refractivity contribution in [2.24, 2.45) is 0 Å². The molecule has 2 aromatic rings. The summed E-state index contributed by atoms with van der Waals surface area (Å²) in [7, 11) is 0. The summed E-state index contributed by atoms with van der Waals surface area (Å²) >= 11 is 0. The van der Waals surface area contributed by atoms with E-state index < -0.39 is 0 Å². The van der Waals surface area contributed by atoms with Gasteiger partial charge in [0.1, 0.15) is 5.58 Å². The minimum Gasteiger partial charge on any atom is -0.423 e. The monoisotopic (exact) mass is 344 g/mol. The van der Waals surface area contributed by atoms with Crippen molar-refractivity contribution in [3.63, 3.8) is 0 Å². The highest BCUT2D eigenvalue weighted by molar-refractivity contribution is 5.81. The molecule has 2 rings (SSSR count). The fraction of sp³-hybridized carbons (Fsp3) is 0.500. The minimum atomic E-state index is -0.345. The van der Waals surface area contributed by atoms with Crippen LogP contribution >= 0.6 is 0 Å². The van der Waals surface area contributed by atoms with Gasteiger partial charge in [-0.05, 0) is 43.0 Å². The van der Waals surface area contributed by atoms with Gasteiger partial charge in [-0.1, -0.05) is 32.9 Å². The number of fused-ring (bicyclic) bond motifs is 1. The van der Waals surface area contributed by atoms with Crippen LogP contribution < -0.4 is 10.9 Å². The summed E-state index contributed by atoms with van der Waals surface area (Å²) in [5.74, 6) is 0.0239. The lowest BCUT2D eigenvalue weighted by Crippen LogP contribution is -2.37. The molecule has 0 aliphatic carbocycles. The van der Waals surface area contributed by atoms with Gasteiger partial charge in [-0.2, -0.15) is 0 Å². The lowest BCUT2D eigenvalue weighted by Gasteiger charge is -2.21. The molecule has 0 saturated heterocycles. The number of carbonyl (C=O) groups is 1. The van der Waals surface area contributed by atoms with Crippen LogP contribution in [0.25, 0.3) is 11.0 Å². The van der Waals surface area contributed by atoms with E-state index in [0.717, 1.165) is 42.3 Å². The van der Waals surface area contributed by atoms with Crippen molar-refractivity contribution in [1.82, 2.24) is 10.2 Å². The van der Waals surface area contributed by atoms with E-state index in [2.05, 4.69) is 30.1 Å². The minimum absolute atomic E-state index is 0.0239. The second-order valence-corrected chi connectivity index (χ2v) is 6.34. The van der Waals surface area contributed by atoms with Crippen LogP contribution in [0.5, 0.6) is 0 Å². The summed E-state index contributed by atoms with van der Waals surface area (Å²) in [5.41, 5.74) is 2.32. The molecule has 0 bridgehead atoms. The molecule has 0 saturated carbocycles. The van der Waals surface area contributed by atoms with E-state index in [1.807, 2.05) is 19.1 Å². The van der Waals surface area contributed by atoms with Crippen molar-refractivity contribution in [2.45, 2.75) is 46.6 Å². The maximum Gasteiger partial charge on any atom is 0.336 e. The molecule has 0 unspecified atom stereocenters. The molecule has 5 heteroatoms. The standard InChI is InChI=1S/C20H28N2O3/c1-4-9-21-19(23)14-22(10-5-2)13-16-12-20(24)25-18-11-15(6-3)7-8-17(16)18/h7-8,11-12H,4-6,9-10,13-14H2,1-3H3,(H,21,23). The summed E-state index contributed by atoms with van der Waals surface area (Å²) in [5, 5.41) is 3.85. The Morgan fingerprint density at radius 1 is 1.16 bits per heavy atom. The van der Waals surface area contributed by atoms with Gasteiger partial charge in [-0.3, -0.25) is 9.69 Å². The van der Waals surface area contributed by atoms with Gasteiger partial charge in [0, 0.05) is 24.5 Å². The van der Waals surface area contributed by atoms with Crippen LogP contribution in [0, 0.1) is 0 Å². The quantitative estimate of drug-likeness (QED) is 0.710. The smallest absolute Gasteiger partial charge is 0.336 e. The van der Waals surface area contributed by atoms with E-state index in [-0.39, 0.29) is 11.5 Å². The fourth-order valence-electron chi connectivity index (χ4n) is 2.92. The number of nitrogens with zero attached hydrogens (tertiary/aromatic N) is 1. The number of hydrogen-bond donors (Lipinski definition) is 1. The Balaban J connectivity index is 2.25. The Morgan fingerprint density at radius 3 is 2.64 bits per heavy atom. The van der Waals surface area contributed by atoms with E-state index in [1.165, 1.54) is 0 Å². The molecule has 1 aromatic heterocycles. The van der Waals surface area contributed by atoms with Gasteiger partial charge in [-0.15, -0.1) is 0 Å². The van der Waals surface area contributed by atoms with E-state index in [4.69, 9.17) is 4.42 Å². The topological polar surface area (TPSA) is 62.6 Å². The third-order valence-electron chi connectivity index (χ3n) is 4.18. The van der Waals surface area contributed by atoms with Gasteiger partial charge in [0.2, 0.25) is 5.91 Å². The number of aryl methyl sites for hydroxylation is 1. The van der Waals surface area contributed by atoms with E-state index in [1.54, 1.807) is 6.07 Å². The van der Waals surface area contributed by atoms with Crippen molar-refractivity contribution in [3.05, 3.63) is 45.8 Å². The molecule has 1 heterocycles. The van der Waals surface area contributed by atoms with Crippen molar-refractivity contribution in [1.29, 1.82) is 0 Å². The van der Waals surface area contributed by atoms with Crippen molar-refractivity contribution in [3.8, 4) is 0 Å². The summed E-state index contributed by atoms with van der Waals surface area (Å²) in [6.45, 7) is 8.57. The molecule has 0 atom stereocenters. The van der Waals surface area contributed by atoms with E-state index in [9.17, 15) is 9.59 Å². The Hall–Kier alpha value is -2.14. The Morgan fingerprint density at radius 2 is 1.96 bits per heavy atom. The summed E-state index contributed by atoms with van der Waals surface area (Å²) in [6, 6.07) is 7.54. The maximum absolute atomic E-state index is 12.1. The summed E-state index contributed by atoms with van der Waals surface area (Å²) in [6.07, 6.45) is 2.76. The Kier molecular flexibility index (Phi) is 7.19. The highest BCUT2D eigenvalue weighted by Crippen LogP contribution is 2.20. The fourth-order valence-corrected chi connectivity index (χ4v) is 2.92. The first kappa shape index (κ1) is 19.2. The van der Waals surface area contributed by atoms with Gasteiger partial charge in [0.05, 0.1) is 6.54 Å². The number of benzene rings is 1. The van der Waals surface area contributed by atoms with Crippen molar-refractivity contribution < 1.29 is 9.21 Å². The van der Waals surface area contributed by atoms with Crippen LogP contribution in [-0.4, -0.2) is 30.4 Å². The molecular weight excluding hydrogens is 316 g/mol. The second kappa shape index (κ2) is 9.37. The highest BCUT2D eigenvalue weighted by atomic mass is 16.4.